The zero-order valence-electron chi connectivity index (χ0n) is 12.7. The first-order valence-electron chi connectivity index (χ1n) is 8.22. The lowest BCUT2D eigenvalue weighted by molar-refractivity contribution is -0.0249. The number of carbonyl (C=O) groups is 1. The maximum absolute atomic E-state index is 12.2. The molecule has 2 atom stereocenters. The van der Waals surface area contributed by atoms with Crippen molar-refractivity contribution in [3.8, 4) is 0 Å². The maximum atomic E-state index is 12.2. The Morgan fingerprint density at radius 3 is 2.50 bits per heavy atom. The second kappa shape index (κ2) is 5.45. The molecular formula is C18H22ClNOS. The zero-order chi connectivity index (χ0) is 15.2. The van der Waals surface area contributed by atoms with Crippen molar-refractivity contribution in [3.63, 3.8) is 0 Å². The number of halogens is 1. The predicted molar refractivity (Wildman–Crippen MR) is 93.6 cm³/mol. The number of benzene rings is 1. The molecule has 0 radical (unpaired) electrons. The lowest BCUT2D eigenvalue weighted by Gasteiger charge is -2.60. The minimum absolute atomic E-state index is 0.0422. The summed E-state index contributed by atoms with van der Waals surface area (Å²) in [4.78, 5) is 12.2. The summed E-state index contributed by atoms with van der Waals surface area (Å²) >= 11 is 8.31. The lowest BCUT2D eigenvalue weighted by Crippen LogP contribution is -2.54. The number of para-hydroxylation sites is 1. The summed E-state index contributed by atoms with van der Waals surface area (Å²) in [7, 11) is 0. The average molecular weight is 336 g/mol. The van der Waals surface area contributed by atoms with Crippen LogP contribution in [0.3, 0.4) is 0 Å². The third kappa shape index (κ3) is 2.90. The summed E-state index contributed by atoms with van der Waals surface area (Å²) in [6.07, 6.45) is 7.45. The largest absolute Gasteiger partial charge is 0.317 e. The Morgan fingerprint density at radius 2 is 1.86 bits per heavy atom. The van der Waals surface area contributed by atoms with Crippen LogP contribution in [0, 0.1) is 17.3 Å². The molecule has 0 unspecified atom stereocenters. The first-order valence-corrected chi connectivity index (χ1v) is 9.58. The van der Waals surface area contributed by atoms with Crippen LogP contribution in [0.15, 0.2) is 30.3 Å². The van der Waals surface area contributed by atoms with Gasteiger partial charge in [-0.15, -0.1) is 11.6 Å². The molecule has 118 valence electrons. The Morgan fingerprint density at radius 1 is 1.18 bits per heavy atom. The molecule has 4 saturated carbocycles. The van der Waals surface area contributed by atoms with E-state index in [-0.39, 0.29) is 10.1 Å². The summed E-state index contributed by atoms with van der Waals surface area (Å²) in [5, 5.41) is 3.04. The van der Waals surface area contributed by atoms with Gasteiger partial charge in [0, 0.05) is 16.3 Å². The van der Waals surface area contributed by atoms with Gasteiger partial charge in [-0.25, -0.2) is 0 Å². The molecule has 5 rings (SSSR count). The van der Waals surface area contributed by atoms with E-state index >= 15 is 0 Å². The molecule has 4 aliphatic rings. The van der Waals surface area contributed by atoms with Crippen molar-refractivity contribution in [1.82, 2.24) is 0 Å². The Hall–Kier alpha value is -0.670. The minimum atomic E-state index is 0.0422. The SMILES string of the molecule is O=C(Nc1ccccc1)SCC12C[C@H]3C[C@@H](CC(Cl)(C3)C1)C2. The lowest BCUT2D eigenvalue weighted by atomic mass is 9.50. The second-order valence-electron chi connectivity index (χ2n) is 7.68. The highest BCUT2D eigenvalue weighted by Gasteiger charge is 2.56. The zero-order valence-corrected chi connectivity index (χ0v) is 14.3. The highest BCUT2D eigenvalue weighted by Crippen LogP contribution is 2.64. The number of hydrogen-bond acceptors (Lipinski definition) is 2. The normalized spacial score (nSPS) is 39.0. The van der Waals surface area contributed by atoms with E-state index in [1.807, 2.05) is 30.3 Å². The first-order chi connectivity index (χ1) is 10.5. The standard InChI is InChI=1S/C18H22ClNOS/c19-18-9-13-6-14(10-18)8-17(7-13,11-18)12-22-16(21)20-15-4-2-1-3-5-15/h1-5,13-14H,6-12H2,(H,20,21)/t13-,14-,17?,18?/m1/s1. The Balaban J connectivity index is 1.38. The molecule has 2 nitrogen and oxygen atoms in total. The van der Waals surface area contributed by atoms with Crippen LogP contribution >= 0.6 is 23.4 Å². The maximum Gasteiger partial charge on any atom is 0.283 e. The van der Waals surface area contributed by atoms with Gasteiger partial charge in [0.15, 0.2) is 0 Å². The Kier molecular flexibility index (Phi) is 3.69. The fraction of sp³-hybridized carbons (Fsp3) is 0.611. The van der Waals surface area contributed by atoms with Crippen LogP contribution in [0.1, 0.15) is 38.5 Å². The van der Waals surface area contributed by atoms with Gasteiger partial charge >= 0.3 is 0 Å². The van der Waals surface area contributed by atoms with Gasteiger partial charge in [-0.2, -0.15) is 0 Å². The molecule has 22 heavy (non-hydrogen) atoms. The van der Waals surface area contributed by atoms with Crippen molar-refractivity contribution in [1.29, 1.82) is 0 Å². The van der Waals surface area contributed by atoms with Crippen molar-refractivity contribution < 1.29 is 4.79 Å². The van der Waals surface area contributed by atoms with Gasteiger partial charge in [0.1, 0.15) is 0 Å². The van der Waals surface area contributed by atoms with Gasteiger partial charge in [0.2, 0.25) is 0 Å². The Bertz CT molecular complexity index is 562. The fourth-order valence-corrected chi connectivity index (χ4v) is 7.08. The van der Waals surface area contributed by atoms with Crippen LogP contribution in [0.5, 0.6) is 0 Å². The number of amides is 1. The van der Waals surface area contributed by atoms with Crippen LogP contribution in [-0.2, 0) is 0 Å². The van der Waals surface area contributed by atoms with E-state index in [2.05, 4.69) is 5.32 Å². The highest BCUT2D eigenvalue weighted by atomic mass is 35.5. The molecule has 4 fully saturated rings. The number of carbonyl (C=O) groups excluding carboxylic acids is 1. The molecule has 0 saturated heterocycles. The molecule has 0 spiro atoms. The van der Waals surface area contributed by atoms with E-state index < -0.39 is 0 Å². The van der Waals surface area contributed by atoms with Crippen molar-refractivity contribution >= 4 is 34.3 Å². The van der Waals surface area contributed by atoms with Crippen molar-refractivity contribution in [2.24, 2.45) is 17.3 Å². The van der Waals surface area contributed by atoms with Crippen LogP contribution in [-0.4, -0.2) is 15.9 Å². The van der Waals surface area contributed by atoms with E-state index in [1.165, 1.54) is 43.9 Å². The van der Waals surface area contributed by atoms with Gasteiger partial charge < -0.3 is 5.32 Å². The summed E-state index contributed by atoms with van der Waals surface area (Å²) in [6.45, 7) is 0. The number of alkyl halides is 1. The van der Waals surface area contributed by atoms with E-state index in [0.29, 0.717) is 5.41 Å². The highest BCUT2D eigenvalue weighted by molar-refractivity contribution is 8.13. The van der Waals surface area contributed by atoms with E-state index in [4.69, 9.17) is 11.6 Å². The summed E-state index contributed by atoms with van der Waals surface area (Å²) in [6, 6.07) is 9.69. The molecule has 0 aliphatic heterocycles. The minimum Gasteiger partial charge on any atom is -0.317 e. The average Bonchev–Trinajstić information content (AvgIpc) is 2.44. The fourth-order valence-electron chi connectivity index (χ4n) is 5.40. The van der Waals surface area contributed by atoms with Crippen LogP contribution in [0.25, 0.3) is 0 Å². The second-order valence-corrected chi connectivity index (χ2v) is 9.43. The third-order valence-electron chi connectivity index (χ3n) is 5.64. The molecule has 0 aromatic heterocycles. The molecular weight excluding hydrogens is 314 g/mol. The predicted octanol–water partition coefficient (Wildman–Crippen LogP) is 5.53. The number of nitrogens with one attached hydrogen (secondary N) is 1. The first kappa shape index (κ1) is 14.9. The van der Waals surface area contributed by atoms with E-state index in [9.17, 15) is 4.79 Å². The quantitative estimate of drug-likeness (QED) is 0.736. The molecule has 4 aliphatic carbocycles. The molecule has 1 N–H and O–H groups in total. The van der Waals surface area contributed by atoms with Gasteiger partial charge in [-0.3, -0.25) is 4.79 Å². The third-order valence-corrected chi connectivity index (χ3v) is 7.20. The van der Waals surface area contributed by atoms with Crippen LogP contribution in [0.2, 0.25) is 0 Å². The molecule has 1 aromatic rings. The Labute approximate surface area is 141 Å². The monoisotopic (exact) mass is 335 g/mol. The summed E-state index contributed by atoms with van der Waals surface area (Å²) in [5.41, 5.74) is 1.18. The topological polar surface area (TPSA) is 29.1 Å². The summed E-state index contributed by atoms with van der Waals surface area (Å²) in [5.74, 6) is 2.53. The van der Waals surface area contributed by atoms with Crippen molar-refractivity contribution in [2.75, 3.05) is 11.1 Å². The van der Waals surface area contributed by atoms with Crippen molar-refractivity contribution in [2.45, 2.75) is 43.4 Å². The van der Waals surface area contributed by atoms with E-state index in [0.717, 1.165) is 29.7 Å². The van der Waals surface area contributed by atoms with Gasteiger partial charge in [0.05, 0.1) is 0 Å². The number of rotatable bonds is 3. The molecule has 4 bridgehead atoms. The van der Waals surface area contributed by atoms with Gasteiger partial charge in [-0.1, -0.05) is 30.0 Å². The molecule has 4 heteroatoms. The van der Waals surface area contributed by atoms with Crippen LogP contribution < -0.4 is 5.32 Å². The van der Waals surface area contributed by atoms with Gasteiger partial charge in [0.25, 0.3) is 5.24 Å². The number of thioether (sulfide) groups is 1. The van der Waals surface area contributed by atoms with E-state index in [1.54, 1.807) is 0 Å². The number of anilines is 1. The smallest absolute Gasteiger partial charge is 0.283 e. The molecule has 1 amide bonds. The number of hydrogen-bond donors (Lipinski definition) is 1. The summed E-state index contributed by atoms with van der Waals surface area (Å²) < 4.78 is 0. The molecule has 0 heterocycles. The van der Waals surface area contributed by atoms with Crippen molar-refractivity contribution in [3.05, 3.63) is 30.3 Å². The molecule has 1 aromatic carbocycles. The van der Waals surface area contributed by atoms with Crippen LogP contribution in [0.4, 0.5) is 10.5 Å². The van der Waals surface area contributed by atoms with Gasteiger partial charge in [-0.05, 0) is 67.9 Å².